The van der Waals surface area contributed by atoms with E-state index in [0.29, 0.717) is 18.0 Å². The molecular weight excluding hydrogens is 380 g/mol. The minimum absolute atomic E-state index is 0.0265. The molecule has 0 aliphatic rings. The van der Waals surface area contributed by atoms with E-state index in [4.69, 9.17) is 4.74 Å². The SMILES string of the molecule is O=C(CCc1ccccc1)Nc1nc(-c2ccc(Oc3ccccc3)cc2)cs1. The summed E-state index contributed by atoms with van der Waals surface area (Å²) in [6.07, 6.45) is 1.15. The van der Waals surface area contributed by atoms with Crippen LogP contribution in [0, 0.1) is 0 Å². The molecule has 0 fully saturated rings. The summed E-state index contributed by atoms with van der Waals surface area (Å²) in [4.78, 5) is 16.7. The zero-order valence-electron chi connectivity index (χ0n) is 15.7. The average Bonchev–Trinajstić information content (AvgIpc) is 3.23. The van der Waals surface area contributed by atoms with Crippen molar-refractivity contribution in [3.63, 3.8) is 0 Å². The molecule has 1 aromatic heterocycles. The van der Waals surface area contributed by atoms with Crippen molar-refractivity contribution in [1.29, 1.82) is 0 Å². The number of rotatable bonds is 7. The van der Waals surface area contributed by atoms with Gasteiger partial charge in [-0.1, -0.05) is 48.5 Å². The van der Waals surface area contributed by atoms with Gasteiger partial charge < -0.3 is 10.1 Å². The van der Waals surface area contributed by atoms with E-state index in [-0.39, 0.29) is 5.91 Å². The second-order valence-corrected chi connectivity index (χ2v) is 7.37. The van der Waals surface area contributed by atoms with E-state index in [9.17, 15) is 4.79 Å². The second kappa shape index (κ2) is 9.17. The fourth-order valence-electron chi connectivity index (χ4n) is 2.87. The lowest BCUT2D eigenvalue weighted by Crippen LogP contribution is -2.12. The lowest BCUT2D eigenvalue weighted by Gasteiger charge is -2.06. The highest BCUT2D eigenvalue weighted by molar-refractivity contribution is 7.14. The number of aromatic nitrogens is 1. The summed E-state index contributed by atoms with van der Waals surface area (Å²) in [6.45, 7) is 0. The second-order valence-electron chi connectivity index (χ2n) is 6.51. The van der Waals surface area contributed by atoms with Gasteiger partial charge >= 0.3 is 0 Å². The number of nitrogens with one attached hydrogen (secondary N) is 1. The quantitative estimate of drug-likeness (QED) is 0.403. The molecule has 0 radical (unpaired) electrons. The number of carbonyl (C=O) groups is 1. The van der Waals surface area contributed by atoms with Crippen molar-refractivity contribution in [2.75, 3.05) is 5.32 Å². The summed E-state index contributed by atoms with van der Waals surface area (Å²) in [7, 11) is 0. The molecule has 0 spiro atoms. The number of aryl methyl sites for hydroxylation is 1. The molecule has 0 aliphatic carbocycles. The van der Waals surface area contributed by atoms with Crippen LogP contribution in [-0.4, -0.2) is 10.9 Å². The maximum absolute atomic E-state index is 12.2. The smallest absolute Gasteiger partial charge is 0.226 e. The number of hydrogen-bond acceptors (Lipinski definition) is 4. The Morgan fingerprint density at radius 2 is 1.52 bits per heavy atom. The van der Waals surface area contributed by atoms with Crippen molar-refractivity contribution >= 4 is 22.4 Å². The topological polar surface area (TPSA) is 51.2 Å². The monoisotopic (exact) mass is 400 g/mol. The minimum Gasteiger partial charge on any atom is -0.457 e. The molecule has 1 amide bonds. The fraction of sp³-hybridized carbons (Fsp3) is 0.0833. The molecule has 29 heavy (non-hydrogen) atoms. The number of hydrogen-bond donors (Lipinski definition) is 1. The Labute approximate surface area is 173 Å². The molecule has 4 rings (SSSR count). The maximum Gasteiger partial charge on any atom is 0.226 e. The molecule has 0 saturated carbocycles. The lowest BCUT2D eigenvalue weighted by molar-refractivity contribution is -0.116. The van der Waals surface area contributed by atoms with Gasteiger partial charge in [0.25, 0.3) is 0 Å². The molecule has 3 aromatic carbocycles. The van der Waals surface area contributed by atoms with Gasteiger partial charge in [-0.25, -0.2) is 4.98 Å². The van der Waals surface area contributed by atoms with Crippen LogP contribution in [0.1, 0.15) is 12.0 Å². The van der Waals surface area contributed by atoms with Gasteiger partial charge in [0.15, 0.2) is 5.13 Å². The number of nitrogens with zero attached hydrogens (tertiary/aromatic N) is 1. The van der Waals surface area contributed by atoms with E-state index in [1.165, 1.54) is 11.3 Å². The Hall–Kier alpha value is -3.44. The molecule has 5 heteroatoms. The van der Waals surface area contributed by atoms with Gasteiger partial charge in [-0.2, -0.15) is 0 Å². The number of amides is 1. The summed E-state index contributed by atoms with van der Waals surface area (Å²) in [6, 6.07) is 27.4. The van der Waals surface area contributed by atoms with E-state index >= 15 is 0 Å². The summed E-state index contributed by atoms with van der Waals surface area (Å²) in [5.74, 6) is 1.54. The van der Waals surface area contributed by atoms with E-state index in [1.54, 1.807) is 0 Å². The molecule has 0 atom stereocenters. The summed E-state index contributed by atoms with van der Waals surface area (Å²) in [5, 5.41) is 5.45. The van der Waals surface area contributed by atoms with Crippen LogP contribution in [0.15, 0.2) is 90.3 Å². The van der Waals surface area contributed by atoms with Gasteiger partial charge in [0.2, 0.25) is 5.91 Å². The van der Waals surface area contributed by atoms with Crippen LogP contribution < -0.4 is 10.1 Å². The fourth-order valence-corrected chi connectivity index (χ4v) is 3.60. The van der Waals surface area contributed by atoms with E-state index < -0.39 is 0 Å². The number of thiazole rings is 1. The normalized spacial score (nSPS) is 10.5. The Bertz CT molecular complexity index is 1060. The molecule has 0 saturated heterocycles. The van der Waals surface area contributed by atoms with Crippen LogP contribution in [0.5, 0.6) is 11.5 Å². The van der Waals surface area contributed by atoms with Crippen LogP contribution >= 0.6 is 11.3 Å². The first-order valence-corrected chi connectivity index (χ1v) is 10.3. The molecule has 4 aromatic rings. The first kappa shape index (κ1) is 18.9. The third kappa shape index (κ3) is 5.30. The minimum atomic E-state index is -0.0265. The number of benzene rings is 3. The number of ether oxygens (including phenoxy) is 1. The highest BCUT2D eigenvalue weighted by Crippen LogP contribution is 2.28. The van der Waals surface area contributed by atoms with Crippen molar-refractivity contribution in [3.05, 3.63) is 95.9 Å². The molecule has 1 heterocycles. The first-order chi connectivity index (χ1) is 14.3. The Morgan fingerprint density at radius 1 is 0.862 bits per heavy atom. The van der Waals surface area contributed by atoms with Gasteiger partial charge in [-0.3, -0.25) is 4.79 Å². The largest absolute Gasteiger partial charge is 0.457 e. The average molecular weight is 401 g/mol. The molecule has 0 bridgehead atoms. The summed E-state index contributed by atoms with van der Waals surface area (Å²) in [5.41, 5.74) is 2.96. The Kier molecular flexibility index (Phi) is 5.98. The maximum atomic E-state index is 12.2. The van der Waals surface area contributed by atoms with Crippen molar-refractivity contribution in [2.45, 2.75) is 12.8 Å². The zero-order chi connectivity index (χ0) is 19.9. The van der Waals surface area contributed by atoms with E-state index in [0.717, 1.165) is 28.3 Å². The van der Waals surface area contributed by atoms with E-state index in [1.807, 2.05) is 90.3 Å². The van der Waals surface area contributed by atoms with Gasteiger partial charge in [0, 0.05) is 17.4 Å². The van der Waals surface area contributed by atoms with Crippen LogP contribution in [-0.2, 0) is 11.2 Å². The van der Waals surface area contributed by atoms with Crippen molar-refractivity contribution < 1.29 is 9.53 Å². The molecule has 0 aliphatic heterocycles. The third-order valence-corrected chi connectivity index (χ3v) is 5.12. The van der Waals surface area contributed by atoms with Crippen molar-refractivity contribution in [2.24, 2.45) is 0 Å². The first-order valence-electron chi connectivity index (χ1n) is 9.39. The van der Waals surface area contributed by atoms with E-state index in [2.05, 4.69) is 10.3 Å². The molecular formula is C24H20N2O2S. The Balaban J connectivity index is 1.34. The molecule has 0 unspecified atom stereocenters. The standard InChI is InChI=1S/C24H20N2O2S/c27-23(16-11-18-7-3-1-4-8-18)26-24-25-22(17-29-24)19-12-14-21(15-13-19)28-20-9-5-2-6-10-20/h1-10,12-15,17H,11,16H2,(H,25,26,27). The highest BCUT2D eigenvalue weighted by Gasteiger charge is 2.09. The Morgan fingerprint density at radius 3 is 2.24 bits per heavy atom. The summed E-state index contributed by atoms with van der Waals surface area (Å²) >= 11 is 1.43. The number of para-hydroxylation sites is 1. The lowest BCUT2D eigenvalue weighted by atomic mass is 10.1. The number of anilines is 1. The van der Waals surface area contributed by atoms with Gasteiger partial charge in [-0.15, -0.1) is 11.3 Å². The predicted molar refractivity (Wildman–Crippen MR) is 117 cm³/mol. The zero-order valence-corrected chi connectivity index (χ0v) is 16.6. The van der Waals surface area contributed by atoms with Crippen LogP contribution in [0.2, 0.25) is 0 Å². The van der Waals surface area contributed by atoms with Crippen LogP contribution in [0.4, 0.5) is 5.13 Å². The molecule has 144 valence electrons. The van der Waals surface area contributed by atoms with Crippen LogP contribution in [0.3, 0.4) is 0 Å². The third-order valence-electron chi connectivity index (χ3n) is 4.36. The predicted octanol–water partition coefficient (Wildman–Crippen LogP) is 6.17. The molecule has 4 nitrogen and oxygen atoms in total. The highest BCUT2D eigenvalue weighted by atomic mass is 32.1. The molecule has 1 N–H and O–H groups in total. The number of carbonyl (C=O) groups excluding carboxylic acids is 1. The summed E-state index contributed by atoms with van der Waals surface area (Å²) < 4.78 is 5.82. The van der Waals surface area contributed by atoms with Gasteiger partial charge in [-0.05, 0) is 48.4 Å². The van der Waals surface area contributed by atoms with Crippen molar-refractivity contribution in [1.82, 2.24) is 4.98 Å². The van der Waals surface area contributed by atoms with Gasteiger partial charge in [0.1, 0.15) is 11.5 Å². The van der Waals surface area contributed by atoms with Crippen molar-refractivity contribution in [3.8, 4) is 22.8 Å². The van der Waals surface area contributed by atoms with Gasteiger partial charge in [0.05, 0.1) is 5.69 Å². The van der Waals surface area contributed by atoms with Crippen LogP contribution in [0.25, 0.3) is 11.3 Å².